The van der Waals surface area contributed by atoms with Gasteiger partial charge in [-0.05, 0) is 24.3 Å². The lowest BCUT2D eigenvalue weighted by Gasteiger charge is -2.34. The second-order valence-corrected chi connectivity index (χ2v) is 5.08. The molecule has 20 heavy (non-hydrogen) atoms. The summed E-state index contributed by atoms with van der Waals surface area (Å²) in [5, 5.41) is 11.0. The summed E-state index contributed by atoms with van der Waals surface area (Å²) in [6.45, 7) is 1.97. The number of rotatable bonds is 3. The summed E-state index contributed by atoms with van der Waals surface area (Å²) < 4.78 is 0. The molecule has 0 saturated heterocycles. The van der Waals surface area contributed by atoms with Crippen LogP contribution in [0.1, 0.15) is 30.1 Å². The number of fused-ring (bicyclic) bond motifs is 1. The fraction of sp³-hybridized carbons (Fsp3) is 0.235. The lowest BCUT2D eigenvalue weighted by Crippen LogP contribution is -2.47. The highest BCUT2D eigenvalue weighted by Crippen LogP contribution is 2.44. The molecule has 0 saturated carbocycles. The van der Waals surface area contributed by atoms with Gasteiger partial charge in [-0.3, -0.25) is 4.79 Å². The van der Waals surface area contributed by atoms with E-state index in [0.717, 1.165) is 17.8 Å². The average Bonchev–Trinajstić information content (AvgIpc) is 2.69. The first kappa shape index (κ1) is 12.9. The van der Waals surface area contributed by atoms with E-state index in [2.05, 4.69) is 0 Å². The fourth-order valence-electron chi connectivity index (χ4n) is 2.88. The van der Waals surface area contributed by atoms with Crippen LogP contribution in [0.3, 0.4) is 0 Å². The van der Waals surface area contributed by atoms with Gasteiger partial charge in [0, 0.05) is 17.7 Å². The normalized spacial score (nSPS) is 21.1. The van der Waals surface area contributed by atoms with Crippen molar-refractivity contribution in [2.75, 3.05) is 4.90 Å². The van der Waals surface area contributed by atoms with Crippen molar-refractivity contribution in [2.24, 2.45) is 0 Å². The van der Waals surface area contributed by atoms with Crippen molar-refractivity contribution in [3.8, 4) is 0 Å². The molecule has 0 aliphatic carbocycles. The van der Waals surface area contributed by atoms with E-state index in [1.807, 2.05) is 55.5 Å². The Morgan fingerprint density at radius 1 is 1.05 bits per heavy atom. The van der Waals surface area contributed by atoms with Crippen LogP contribution in [0.2, 0.25) is 0 Å². The SMILES string of the molecule is CCCC1(O)C(=O)c2ccccc2N1c1ccccc1. The maximum Gasteiger partial charge on any atom is 0.217 e. The van der Waals surface area contributed by atoms with Gasteiger partial charge in [0.25, 0.3) is 0 Å². The maximum atomic E-state index is 12.6. The summed E-state index contributed by atoms with van der Waals surface area (Å²) in [6, 6.07) is 16.9. The molecule has 0 amide bonds. The largest absolute Gasteiger partial charge is 0.364 e. The standard InChI is InChI=1S/C17H17NO2/c1-2-12-17(20)16(19)14-10-6-7-11-15(14)18(17)13-8-4-3-5-9-13/h3-11,20H,2,12H2,1H3. The Bertz CT molecular complexity index is 638. The molecule has 1 aliphatic rings. The van der Waals surface area contributed by atoms with Crippen LogP contribution in [0.25, 0.3) is 0 Å². The molecule has 1 heterocycles. The van der Waals surface area contributed by atoms with Crippen LogP contribution in [0.4, 0.5) is 11.4 Å². The number of hydrogen-bond acceptors (Lipinski definition) is 3. The Balaban J connectivity index is 2.20. The number of para-hydroxylation sites is 2. The van der Waals surface area contributed by atoms with Crippen molar-refractivity contribution in [2.45, 2.75) is 25.5 Å². The van der Waals surface area contributed by atoms with E-state index < -0.39 is 5.72 Å². The summed E-state index contributed by atoms with van der Waals surface area (Å²) in [5.41, 5.74) is 0.730. The number of benzene rings is 2. The van der Waals surface area contributed by atoms with Crippen LogP contribution in [-0.4, -0.2) is 16.6 Å². The zero-order valence-corrected chi connectivity index (χ0v) is 11.4. The molecule has 0 bridgehead atoms. The fourth-order valence-corrected chi connectivity index (χ4v) is 2.88. The molecular weight excluding hydrogens is 250 g/mol. The smallest absolute Gasteiger partial charge is 0.217 e. The van der Waals surface area contributed by atoms with Crippen LogP contribution in [0, 0.1) is 0 Å². The Kier molecular flexibility index (Phi) is 3.07. The molecule has 3 rings (SSSR count). The summed E-state index contributed by atoms with van der Waals surface area (Å²) >= 11 is 0. The molecule has 2 aromatic carbocycles. The van der Waals surface area contributed by atoms with Crippen LogP contribution in [0.15, 0.2) is 54.6 Å². The quantitative estimate of drug-likeness (QED) is 0.925. The van der Waals surface area contributed by atoms with Crippen molar-refractivity contribution >= 4 is 17.2 Å². The Morgan fingerprint density at radius 2 is 1.70 bits per heavy atom. The van der Waals surface area contributed by atoms with Gasteiger partial charge in [-0.1, -0.05) is 43.7 Å². The summed E-state index contributed by atoms with van der Waals surface area (Å²) in [5.74, 6) is -0.209. The number of carbonyl (C=O) groups excluding carboxylic acids is 1. The van der Waals surface area contributed by atoms with Gasteiger partial charge >= 0.3 is 0 Å². The van der Waals surface area contributed by atoms with E-state index in [1.165, 1.54) is 0 Å². The first-order valence-corrected chi connectivity index (χ1v) is 6.90. The zero-order valence-electron chi connectivity index (χ0n) is 11.4. The minimum atomic E-state index is -1.47. The minimum absolute atomic E-state index is 0.209. The van der Waals surface area contributed by atoms with Crippen molar-refractivity contribution in [3.05, 3.63) is 60.2 Å². The molecule has 1 aliphatic heterocycles. The summed E-state index contributed by atoms with van der Waals surface area (Å²) in [6.07, 6.45) is 1.15. The zero-order chi connectivity index (χ0) is 14.2. The monoisotopic (exact) mass is 267 g/mol. The maximum absolute atomic E-state index is 12.6. The van der Waals surface area contributed by atoms with Gasteiger partial charge in [0.2, 0.25) is 11.5 Å². The van der Waals surface area contributed by atoms with Gasteiger partial charge in [-0.2, -0.15) is 0 Å². The number of nitrogens with zero attached hydrogens (tertiary/aromatic N) is 1. The highest BCUT2D eigenvalue weighted by atomic mass is 16.3. The molecule has 0 aromatic heterocycles. The Hall–Kier alpha value is -2.13. The van der Waals surface area contributed by atoms with Gasteiger partial charge in [-0.15, -0.1) is 0 Å². The molecule has 1 N–H and O–H groups in total. The highest BCUT2D eigenvalue weighted by Gasteiger charge is 2.49. The van der Waals surface area contributed by atoms with Crippen molar-refractivity contribution in [1.29, 1.82) is 0 Å². The number of Topliss-reactive ketones (excluding diaryl/α,β-unsaturated/α-hetero) is 1. The van der Waals surface area contributed by atoms with E-state index in [0.29, 0.717) is 12.0 Å². The van der Waals surface area contributed by atoms with Gasteiger partial charge in [0.1, 0.15) is 0 Å². The molecule has 102 valence electrons. The van der Waals surface area contributed by atoms with Crippen molar-refractivity contribution in [3.63, 3.8) is 0 Å². The first-order chi connectivity index (χ1) is 9.68. The van der Waals surface area contributed by atoms with E-state index in [-0.39, 0.29) is 5.78 Å². The molecule has 0 spiro atoms. The summed E-state index contributed by atoms with van der Waals surface area (Å²) in [7, 11) is 0. The first-order valence-electron chi connectivity index (χ1n) is 6.90. The molecule has 3 nitrogen and oxygen atoms in total. The van der Waals surface area contributed by atoms with Crippen LogP contribution in [-0.2, 0) is 0 Å². The van der Waals surface area contributed by atoms with Crippen molar-refractivity contribution < 1.29 is 9.90 Å². The van der Waals surface area contributed by atoms with Crippen molar-refractivity contribution in [1.82, 2.24) is 0 Å². The predicted molar refractivity (Wildman–Crippen MR) is 79.2 cm³/mol. The van der Waals surface area contributed by atoms with Gasteiger partial charge in [0.15, 0.2) is 0 Å². The van der Waals surface area contributed by atoms with E-state index >= 15 is 0 Å². The molecule has 2 aromatic rings. The van der Waals surface area contributed by atoms with Gasteiger partial charge < -0.3 is 10.0 Å². The Morgan fingerprint density at radius 3 is 2.40 bits per heavy atom. The third kappa shape index (κ3) is 1.74. The van der Waals surface area contributed by atoms with Crippen LogP contribution in [0.5, 0.6) is 0 Å². The Labute approximate surface area is 118 Å². The molecular formula is C17H17NO2. The molecule has 0 fully saturated rings. The number of hydrogen-bond donors (Lipinski definition) is 1. The number of aliphatic hydroxyl groups is 1. The number of carbonyl (C=O) groups is 1. The second-order valence-electron chi connectivity index (χ2n) is 5.08. The average molecular weight is 267 g/mol. The second kappa shape index (κ2) is 4.76. The molecule has 0 radical (unpaired) electrons. The number of ketones is 1. The van der Waals surface area contributed by atoms with E-state index in [1.54, 1.807) is 11.0 Å². The topological polar surface area (TPSA) is 40.5 Å². The van der Waals surface area contributed by atoms with Crippen LogP contribution < -0.4 is 4.90 Å². The third-order valence-electron chi connectivity index (χ3n) is 3.74. The van der Waals surface area contributed by atoms with Crippen LogP contribution >= 0.6 is 0 Å². The minimum Gasteiger partial charge on any atom is -0.364 e. The molecule has 1 atom stereocenters. The number of anilines is 2. The lowest BCUT2D eigenvalue weighted by molar-refractivity contribution is 0.0349. The molecule has 3 heteroatoms. The van der Waals surface area contributed by atoms with Gasteiger partial charge in [-0.25, -0.2) is 0 Å². The van der Waals surface area contributed by atoms with E-state index in [4.69, 9.17) is 0 Å². The third-order valence-corrected chi connectivity index (χ3v) is 3.74. The van der Waals surface area contributed by atoms with E-state index in [9.17, 15) is 9.90 Å². The highest BCUT2D eigenvalue weighted by molar-refractivity contribution is 6.14. The predicted octanol–water partition coefficient (Wildman–Crippen LogP) is 3.51. The summed E-state index contributed by atoms with van der Waals surface area (Å²) in [4.78, 5) is 14.4. The van der Waals surface area contributed by atoms with Gasteiger partial charge in [0.05, 0.1) is 5.69 Å². The molecule has 1 unspecified atom stereocenters. The lowest BCUT2D eigenvalue weighted by atomic mass is 10.0.